The maximum atomic E-state index is 12.4. The standard InChI is InChI=1S/C15H17Cl2N3O3S2/c1-9(2)24-14-7-13(23-3)15(19-18-14)20-25(21,22)8-10-4-11(16)6-12(17)5-10/h4-7,9H,8H2,1-3H3,(H,19,20). The van der Waals surface area contributed by atoms with Crippen LogP contribution in [0.5, 0.6) is 5.75 Å². The number of ether oxygens (including phenoxy) is 1. The summed E-state index contributed by atoms with van der Waals surface area (Å²) in [4.78, 5) is 0. The SMILES string of the molecule is COc1cc(SC(C)C)nnc1NS(=O)(=O)Cc1cc(Cl)cc(Cl)c1. The number of thioether (sulfide) groups is 1. The summed E-state index contributed by atoms with van der Waals surface area (Å²) in [7, 11) is -2.31. The van der Waals surface area contributed by atoms with Crippen molar-refractivity contribution in [3.63, 3.8) is 0 Å². The molecule has 0 aliphatic carbocycles. The lowest BCUT2D eigenvalue weighted by Crippen LogP contribution is -2.17. The van der Waals surface area contributed by atoms with Crippen LogP contribution < -0.4 is 9.46 Å². The topological polar surface area (TPSA) is 81.2 Å². The maximum absolute atomic E-state index is 12.4. The number of methoxy groups -OCH3 is 1. The Morgan fingerprint density at radius 3 is 2.36 bits per heavy atom. The Balaban J connectivity index is 2.21. The molecular weight excluding hydrogens is 405 g/mol. The summed E-state index contributed by atoms with van der Waals surface area (Å²) in [6, 6.07) is 6.26. The molecule has 136 valence electrons. The van der Waals surface area contributed by atoms with Crippen molar-refractivity contribution in [2.75, 3.05) is 11.8 Å². The summed E-state index contributed by atoms with van der Waals surface area (Å²) in [6.45, 7) is 4.04. The average molecular weight is 422 g/mol. The molecular formula is C15H17Cl2N3O3S2. The molecule has 0 saturated carbocycles. The molecule has 1 N–H and O–H groups in total. The third-order valence-corrected chi connectivity index (χ3v) is 5.41. The van der Waals surface area contributed by atoms with Crippen molar-refractivity contribution in [3.8, 4) is 5.75 Å². The van der Waals surface area contributed by atoms with E-state index in [-0.39, 0.29) is 11.6 Å². The zero-order valence-corrected chi connectivity index (χ0v) is 16.9. The first kappa shape index (κ1) is 20.1. The van der Waals surface area contributed by atoms with Crippen LogP contribution in [-0.2, 0) is 15.8 Å². The van der Waals surface area contributed by atoms with Crippen molar-refractivity contribution in [3.05, 3.63) is 39.9 Å². The molecule has 0 saturated heterocycles. The summed E-state index contributed by atoms with van der Waals surface area (Å²) >= 11 is 13.3. The quantitative estimate of drug-likeness (QED) is 0.673. The Bertz CT molecular complexity index is 841. The molecule has 0 aliphatic heterocycles. The molecule has 6 nitrogen and oxygen atoms in total. The van der Waals surface area contributed by atoms with Gasteiger partial charge in [0.25, 0.3) is 0 Å². The fraction of sp³-hybridized carbons (Fsp3) is 0.333. The smallest absolute Gasteiger partial charge is 0.238 e. The number of nitrogens with one attached hydrogen (secondary N) is 1. The molecule has 2 aromatic rings. The zero-order chi connectivity index (χ0) is 18.6. The predicted octanol–water partition coefficient (Wildman–Crippen LogP) is 4.23. The van der Waals surface area contributed by atoms with Crippen molar-refractivity contribution in [2.45, 2.75) is 29.9 Å². The van der Waals surface area contributed by atoms with Gasteiger partial charge >= 0.3 is 0 Å². The van der Waals surface area contributed by atoms with Gasteiger partial charge in [0.05, 0.1) is 12.9 Å². The number of sulfonamides is 1. The van der Waals surface area contributed by atoms with E-state index in [0.717, 1.165) is 0 Å². The molecule has 0 spiro atoms. The Morgan fingerprint density at radius 1 is 1.16 bits per heavy atom. The molecule has 0 amide bonds. The van der Waals surface area contributed by atoms with Gasteiger partial charge < -0.3 is 4.74 Å². The Labute approximate surface area is 161 Å². The monoisotopic (exact) mass is 421 g/mol. The average Bonchev–Trinajstić information content (AvgIpc) is 2.46. The minimum Gasteiger partial charge on any atom is -0.493 e. The minimum absolute atomic E-state index is 0.0312. The van der Waals surface area contributed by atoms with E-state index in [1.165, 1.54) is 37.1 Å². The molecule has 1 aromatic carbocycles. The maximum Gasteiger partial charge on any atom is 0.238 e. The van der Waals surface area contributed by atoms with Crippen molar-refractivity contribution in [1.82, 2.24) is 10.2 Å². The van der Waals surface area contributed by atoms with E-state index in [4.69, 9.17) is 27.9 Å². The molecule has 0 bridgehead atoms. The predicted molar refractivity (Wildman–Crippen MR) is 102 cm³/mol. The summed E-state index contributed by atoms with van der Waals surface area (Å²) in [5.74, 6) is 0.0234. The first-order valence-corrected chi connectivity index (χ1v) is 10.5. The summed E-state index contributed by atoms with van der Waals surface area (Å²) in [6.07, 6.45) is 0. The van der Waals surface area contributed by atoms with Gasteiger partial charge in [0.2, 0.25) is 15.8 Å². The molecule has 0 atom stereocenters. The number of benzene rings is 1. The lowest BCUT2D eigenvalue weighted by atomic mass is 10.2. The second-order valence-corrected chi connectivity index (χ2v) is 9.60. The molecule has 1 heterocycles. The summed E-state index contributed by atoms with van der Waals surface area (Å²) < 4.78 is 32.4. The molecule has 0 fully saturated rings. The number of hydrogen-bond acceptors (Lipinski definition) is 6. The van der Waals surface area contributed by atoms with Crippen LogP contribution >= 0.6 is 35.0 Å². The van der Waals surface area contributed by atoms with E-state index < -0.39 is 10.0 Å². The molecule has 0 aliphatic rings. The molecule has 10 heteroatoms. The first-order valence-electron chi connectivity index (χ1n) is 7.22. The van der Waals surface area contributed by atoms with Gasteiger partial charge in [-0.2, -0.15) is 0 Å². The highest BCUT2D eigenvalue weighted by atomic mass is 35.5. The number of nitrogens with zero attached hydrogens (tertiary/aromatic N) is 2. The largest absolute Gasteiger partial charge is 0.493 e. The van der Waals surface area contributed by atoms with Crippen LogP contribution in [0.2, 0.25) is 10.0 Å². The van der Waals surface area contributed by atoms with Crippen LogP contribution in [0, 0.1) is 0 Å². The van der Waals surface area contributed by atoms with Gasteiger partial charge in [0.15, 0.2) is 5.75 Å². The van der Waals surface area contributed by atoms with Gasteiger partial charge in [-0.25, -0.2) is 8.42 Å². The second-order valence-electron chi connectivity index (χ2n) is 5.41. The Morgan fingerprint density at radius 2 is 1.80 bits per heavy atom. The van der Waals surface area contributed by atoms with E-state index in [2.05, 4.69) is 14.9 Å². The molecule has 2 rings (SSSR count). The second kappa shape index (κ2) is 8.44. The zero-order valence-electron chi connectivity index (χ0n) is 13.8. The normalized spacial score (nSPS) is 11.6. The van der Waals surface area contributed by atoms with Crippen molar-refractivity contribution < 1.29 is 13.2 Å². The fourth-order valence-corrected chi connectivity index (χ4v) is 4.41. The fourth-order valence-electron chi connectivity index (χ4n) is 1.98. The summed E-state index contributed by atoms with van der Waals surface area (Å²) in [5, 5.41) is 9.63. The lowest BCUT2D eigenvalue weighted by molar-refractivity contribution is 0.412. The van der Waals surface area contributed by atoms with Crippen molar-refractivity contribution >= 4 is 50.8 Å². The van der Waals surface area contributed by atoms with Crippen LogP contribution in [0.1, 0.15) is 19.4 Å². The minimum atomic E-state index is -3.75. The Kier molecular flexibility index (Phi) is 6.79. The van der Waals surface area contributed by atoms with Gasteiger partial charge in [0, 0.05) is 21.4 Å². The highest BCUT2D eigenvalue weighted by Crippen LogP contribution is 2.29. The third-order valence-electron chi connectivity index (χ3n) is 2.84. The third kappa shape index (κ3) is 6.22. The first-order chi connectivity index (χ1) is 11.7. The van der Waals surface area contributed by atoms with Gasteiger partial charge in [-0.3, -0.25) is 4.72 Å². The molecule has 1 aromatic heterocycles. The number of halogens is 2. The lowest BCUT2D eigenvalue weighted by Gasteiger charge is -2.12. The number of aromatic nitrogens is 2. The highest BCUT2D eigenvalue weighted by Gasteiger charge is 2.18. The number of rotatable bonds is 7. The van der Waals surface area contributed by atoms with E-state index in [1.54, 1.807) is 6.07 Å². The number of anilines is 1. The van der Waals surface area contributed by atoms with Crippen LogP contribution in [0.4, 0.5) is 5.82 Å². The van der Waals surface area contributed by atoms with Crippen molar-refractivity contribution in [2.24, 2.45) is 0 Å². The van der Waals surface area contributed by atoms with Gasteiger partial charge in [-0.1, -0.05) is 37.0 Å². The highest BCUT2D eigenvalue weighted by molar-refractivity contribution is 7.99. The molecule has 0 unspecified atom stereocenters. The molecule has 0 radical (unpaired) electrons. The van der Waals surface area contributed by atoms with Crippen LogP contribution in [0.25, 0.3) is 0 Å². The van der Waals surface area contributed by atoms with E-state index >= 15 is 0 Å². The Hall–Kier alpha value is -1.22. The van der Waals surface area contributed by atoms with E-state index in [0.29, 0.717) is 31.6 Å². The van der Waals surface area contributed by atoms with E-state index in [9.17, 15) is 8.42 Å². The van der Waals surface area contributed by atoms with Gasteiger partial charge in [-0.05, 0) is 23.8 Å². The van der Waals surface area contributed by atoms with Crippen LogP contribution in [-0.4, -0.2) is 31.0 Å². The number of hydrogen-bond donors (Lipinski definition) is 1. The van der Waals surface area contributed by atoms with Crippen LogP contribution in [0.15, 0.2) is 29.3 Å². The van der Waals surface area contributed by atoms with Crippen LogP contribution in [0.3, 0.4) is 0 Å². The molecule has 25 heavy (non-hydrogen) atoms. The van der Waals surface area contributed by atoms with Gasteiger partial charge in [0.1, 0.15) is 5.03 Å². The van der Waals surface area contributed by atoms with Gasteiger partial charge in [-0.15, -0.1) is 22.0 Å². The van der Waals surface area contributed by atoms with Crippen molar-refractivity contribution in [1.29, 1.82) is 0 Å². The van der Waals surface area contributed by atoms with E-state index in [1.807, 2.05) is 13.8 Å². The summed E-state index contributed by atoms with van der Waals surface area (Å²) in [5.41, 5.74) is 0.462.